The molecule has 2 aromatic rings. The summed E-state index contributed by atoms with van der Waals surface area (Å²) in [5.41, 5.74) is 1.66. The molecule has 0 fully saturated rings. The number of hydrogen-bond donors (Lipinski definition) is 1. The van der Waals surface area contributed by atoms with E-state index in [1.54, 1.807) is 23.0 Å². The molecular weight excluding hydrogens is 299 g/mol. The zero-order chi connectivity index (χ0) is 13.3. The highest BCUT2D eigenvalue weighted by Crippen LogP contribution is 2.30. The molecule has 1 unspecified atom stereocenters. The van der Waals surface area contributed by atoms with Crippen LogP contribution in [0.4, 0.5) is 4.39 Å². The molecule has 0 aliphatic heterocycles. The molecule has 0 saturated heterocycles. The van der Waals surface area contributed by atoms with Gasteiger partial charge in [-0.25, -0.2) is 4.39 Å². The summed E-state index contributed by atoms with van der Waals surface area (Å²) < 4.78 is 16.2. The molecule has 0 aliphatic rings. The first-order valence-corrected chi connectivity index (χ1v) is 6.49. The molecule has 1 N–H and O–H groups in total. The third kappa shape index (κ3) is 2.33. The SMILES string of the molecule is CCn1ncc(Br)c1C(O)c1ccc(C)cc1F. The maximum Gasteiger partial charge on any atom is 0.129 e. The predicted molar refractivity (Wildman–Crippen MR) is 70.8 cm³/mol. The molecule has 1 aromatic heterocycles. The summed E-state index contributed by atoms with van der Waals surface area (Å²) in [6.45, 7) is 4.35. The van der Waals surface area contributed by atoms with Crippen molar-refractivity contribution in [2.45, 2.75) is 26.5 Å². The van der Waals surface area contributed by atoms with Crippen LogP contribution in [0, 0.1) is 12.7 Å². The van der Waals surface area contributed by atoms with Gasteiger partial charge >= 0.3 is 0 Å². The number of aliphatic hydroxyl groups is 1. The van der Waals surface area contributed by atoms with Crippen molar-refractivity contribution in [3.63, 3.8) is 0 Å². The zero-order valence-electron chi connectivity index (χ0n) is 10.2. The molecule has 3 nitrogen and oxygen atoms in total. The van der Waals surface area contributed by atoms with Gasteiger partial charge in [0.1, 0.15) is 11.9 Å². The van der Waals surface area contributed by atoms with Crippen LogP contribution in [0.1, 0.15) is 29.8 Å². The molecule has 1 atom stereocenters. The highest BCUT2D eigenvalue weighted by Gasteiger charge is 2.21. The standard InChI is InChI=1S/C13H14BrFN2O/c1-3-17-12(10(14)7-16-17)13(18)9-5-4-8(2)6-11(9)15/h4-7,13,18H,3H2,1-2H3. The van der Waals surface area contributed by atoms with Crippen molar-refractivity contribution in [3.05, 3.63) is 51.5 Å². The quantitative estimate of drug-likeness (QED) is 0.945. The fourth-order valence-electron chi connectivity index (χ4n) is 1.90. The van der Waals surface area contributed by atoms with Gasteiger partial charge in [0.2, 0.25) is 0 Å². The molecule has 1 heterocycles. The Balaban J connectivity index is 2.47. The van der Waals surface area contributed by atoms with E-state index in [-0.39, 0.29) is 5.56 Å². The van der Waals surface area contributed by atoms with E-state index >= 15 is 0 Å². The van der Waals surface area contributed by atoms with Crippen LogP contribution in [0.3, 0.4) is 0 Å². The summed E-state index contributed by atoms with van der Waals surface area (Å²) in [6.07, 6.45) is 0.580. The molecule has 18 heavy (non-hydrogen) atoms. The van der Waals surface area contributed by atoms with E-state index in [2.05, 4.69) is 21.0 Å². The van der Waals surface area contributed by atoms with Gasteiger partial charge in [-0.3, -0.25) is 4.68 Å². The maximum atomic E-state index is 13.9. The minimum atomic E-state index is -1.03. The Labute approximate surface area is 113 Å². The van der Waals surface area contributed by atoms with Crippen molar-refractivity contribution in [2.75, 3.05) is 0 Å². The lowest BCUT2D eigenvalue weighted by atomic mass is 10.0. The van der Waals surface area contributed by atoms with E-state index in [4.69, 9.17) is 0 Å². The van der Waals surface area contributed by atoms with Crippen molar-refractivity contribution >= 4 is 15.9 Å². The Morgan fingerprint density at radius 1 is 1.50 bits per heavy atom. The zero-order valence-corrected chi connectivity index (χ0v) is 11.8. The van der Waals surface area contributed by atoms with E-state index in [0.29, 0.717) is 16.7 Å². The summed E-state index contributed by atoms with van der Waals surface area (Å²) in [6, 6.07) is 4.80. The Hall–Kier alpha value is -1.20. The number of nitrogens with zero attached hydrogens (tertiary/aromatic N) is 2. The van der Waals surface area contributed by atoms with Crippen molar-refractivity contribution in [1.82, 2.24) is 9.78 Å². The summed E-state index contributed by atoms with van der Waals surface area (Å²) in [4.78, 5) is 0. The van der Waals surface area contributed by atoms with Gasteiger partial charge in [-0.15, -0.1) is 0 Å². The molecule has 0 amide bonds. The van der Waals surface area contributed by atoms with Crippen LogP contribution in [0.5, 0.6) is 0 Å². The monoisotopic (exact) mass is 312 g/mol. The fourth-order valence-corrected chi connectivity index (χ4v) is 2.41. The smallest absolute Gasteiger partial charge is 0.129 e. The average Bonchev–Trinajstić information content (AvgIpc) is 2.69. The largest absolute Gasteiger partial charge is 0.382 e. The summed E-state index contributed by atoms with van der Waals surface area (Å²) in [5.74, 6) is -0.404. The van der Waals surface area contributed by atoms with Gasteiger partial charge in [0.05, 0.1) is 16.4 Å². The topological polar surface area (TPSA) is 38.0 Å². The molecule has 0 spiro atoms. The molecule has 5 heteroatoms. The number of aryl methyl sites for hydroxylation is 2. The van der Waals surface area contributed by atoms with Crippen LogP contribution in [0.25, 0.3) is 0 Å². The van der Waals surface area contributed by atoms with Crippen LogP contribution in [-0.4, -0.2) is 14.9 Å². The lowest BCUT2D eigenvalue weighted by Gasteiger charge is -2.14. The first-order chi connectivity index (χ1) is 8.54. The Morgan fingerprint density at radius 2 is 2.22 bits per heavy atom. The first-order valence-electron chi connectivity index (χ1n) is 5.70. The second-order valence-corrected chi connectivity index (χ2v) is 4.98. The third-order valence-electron chi connectivity index (χ3n) is 2.84. The molecule has 2 rings (SSSR count). The van der Waals surface area contributed by atoms with Gasteiger partial charge in [-0.2, -0.15) is 5.10 Å². The van der Waals surface area contributed by atoms with Crippen LogP contribution in [-0.2, 0) is 6.54 Å². The lowest BCUT2D eigenvalue weighted by Crippen LogP contribution is -2.11. The number of aliphatic hydroxyl groups excluding tert-OH is 1. The normalized spacial score (nSPS) is 12.7. The maximum absolute atomic E-state index is 13.9. The van der Waals surface area contributed by atoms with Gasteiger partial charge in [0.25, 0.3) is 0 Å². The number of benzene rings is 1. The van der Waals surface area contributed by atoms with E-state index in [1.807, 2.05) is 13.8 Å². The second-order valence-electron chi connectivity index (χ2n) is 4.12. The summed E-state index contributed by atoms with van der Waals surface area (Å²) in [5, 5.41) is 14.4. The van der Waals surface area contributed by atoms with Gasteiger partial charge in [-0.05, 0) is 41.4 Å². The Morgan fingerprint density at radius 3 is 2.83 bits per heavy atom. The Bertz CT molecular complexity index is 568. The van der Waals surface area contributed by atoms with Gasteiger partial charge in [0, 0.05) is 12.1 Å². The van der Waals surface area contributed by atoms with Crippen LogP contribution < -0.4 is 0 Å². The molecule has 0 saturated carbocycles. The molecule has 0 bridgehead atoms. The second kappa shape index (κ2) is 5.20. The molecule has 0 aliphatic carbocycles. The van der Waals surface area contributed by atoms with Crippen LogP contribution >= 0.6 is 15.9 Å². The lowest BCUT2D eigenvalue weighted by molar-refractivity contribution is 0.202. The summed E-state index contributed by atoms with van der Waals surface area (Å²) >= 11 is 3.33. The van der Waals surface area contributed by atoms with E-state index in [1.165, 1.54) is 6.07 Å². The Kier molecular flexibility index (Phi) is 3.82. The molecule has 1 aromatic carbocycles. The van der Waals surface area contributed by atoms with E-state index in [9.17, 15) is 9.50 Å². The van der Waals surface area contributed by atoms with E-state index < -0.39 is 11.9 Å². The van der Waals surface area contributed by atoms with Gasteiger partial charge < -0.3 is 5.11 Å². The predicted octanol–water partition coefficient (Wildman–Crippen LogP) is 3.19. The summed E-state index contributed by atoms with van der Waals surface area (Å²) in [7, 11) is 0. The van der Waals surface area contributed by atoms with E-state index in [0.717, 1.165) is 5.56 Å². The van der Waals surface area contributed by atoms with Crippen molar-refractivity contribution in [2.24, 2.45) is 0 Å². The highest BCUT2D eigenvalue weighted by atomic mass is 79.9. The van der Waals surface area contributed by atoms with Gasteiger partial charge in [-0.1, -0.05) is 12.1 Å². The number of halogens is 2. The van der Waals surface area contributed by atoms with Crippen molar-refractivity contribution < 1.29 is 9.50 Å². The van der Waals surface area contributed by atoms with Crippen molar-refractivity contribution in [1.29, 1.82) is 0 Å². The molecular formula is C13H14BrFN2O. The average molecular weight is 313 g/mol. The van der Waals surface area contributed by atoms with Gasteiger partial charge in [0.15, 0.2) is 0 Å². The van der Waals surface area contributed by atoms with Crippen LogP contribution in [0.2, 0.25) is 0 Å². The molecule has 96 valence electrons. The van der Waals surface area contributed by atoms with Crippen LogP contribution in [0.15, 0.2) is 28.9 Å². The first kappa shape index (κ1) is 13.2. The number of hydrogen-bond acceptors (Lipinski definition) is 2. The minimum absolute atomic E-state index is 0.261. The molecule has 0 radical (unpaired) electrons. The highest BCUT2D eigenvalue weighted by molar-refractivity contribution is 9.10. The minimum Gasteiger partial charge on any atom is -0.382 e. The fraction of sp³-hybridized carbons (Fsp3) is 0.308. The number of aromatic nitrogens is 2. The van der Waals surface area contributed by atoms with Crippen molar-refractivity contribution in [3.8, 4) is 0 Å². The third-order valence-corrected chi connectivity index (χ3v) is 3.45. The number of rotatable bonds is 3.